The van der Waals surface area contributed by atoms with Crippen LogP contribution in [-0.4, -0.2) is 57.7 Å². The maximum absolute atomic E-state index is 12.5. The van der Waals surface area contributed by atoms with E-state index in [1.165, 1.54) is 17.3 Å². The number of aromatic nitrogens is 2. The molecular formula is C16H15N3O4. The van der Waals surface area contributed by atoms with Gasteiger partial charge in [-0.15, -0.1) is 0 Å². The zero-order valence-corrected chi connectivity index (χ0v) is 12.3. The zero-order chi connectivity index (χ0) is 16.2. The van der Waals surface area contributed by atoms with Crippen molar-refractivity contribution in [3.05, 3.63) is 48.3 Å². The van der Waals surface area contributed by atoms with E-state index in [1.54, 1.807) is 0 Å². The molecule has 1 amide bonds. The van der Waals surface area contributed by atoms with Crippen molar-refractivity contribution in [2.45, 2.75) is 6.04 Å². The van der Waals surface area contributed by atoms with Gasteiger partial charge in [-0.25, -0.2) is 14.8 Å². The monoisotopic (exact) mass is 313 g/mol. The number of carboxylic acids is 1. The van der Waals surface area contributed by atoms with E-state index >= 15 is 0 Å². The summed E-state index contributed by atoms with van der Waals surface area (Å²) in [5, 5.41) is 9.19. The normalized spacial score (nSPS) is 17.7. The van der Waals surface area contributed by atoms with Gasteiger partial charge < -0.3 is 14.7 Å². The average Bonchev–Trinajstić information content (AvgIpc) is 2.62. The molecule has 2 aromatic rings. The van der Waals surface area contributed by atoms with E-state index in [1.807, 2.05) is 30.3 Å². The highest BCUT2D eigenvalue weighted by atomic mass is 16.5. The summed E-state index contributed by atoms with van der Waals surface area (Å²) in [5.41, 5.74) is 1.11. The van der Waals surface area contributed by atoms with Gasteiger partial charge >= 0.3 is 5.97 Å². The molecule has 0 radical (unpaired) electrons. The van der Waals surface area contributed by atoms with Gasteiger partial charge in [0, 0.05) is 24.5 Å². The predicted octanol–water partition coefficient (Wildman–Crippen LogP) is 1.07. The molecule has 2 heterocycles. The molecule has 7 nitrogen and oxygen atoms in total. The SMILES string of the molecule is O=C(O)[C@@H]1COCCN1C(=O)c1cnc(-c2ccccc2)nc1. The molecule has 3 rings (SSSR count). The second kappa shape index (κ2) is 6.53. The Labute approximate surface area is 132 Å². The molecule has 23 heavy (non-hydrogen) atoms. The Bertz CT molecular complexity index is 703. The van der Waals surface area contributed by atoms with E-state index in [0.717, 1.165) is 5.56 Å². The summed E-state index contributed by atoms with van der Waals surface area (Å²) in [6, 6.07) is 8.42. The molecule has 0 aliphatic carbocycles. The standard InChI is InChI=1S/C16H15N3O4/c20-15(19-6-7-23-10-13(19)16(21)22)12-8-17-14(18-9-12)11-4-2-1-3-5-11/h1-5,8-9,13H,6-7,10H2,(H,21,22)/t13-/m0/s1. The third kappa shape index (κ3) is 3.19. The summed E-state index contributed by atoms with van der Waals surface area (Å²) in [6.07, 6.45) is 2.85. The highest BCUT2D eigenvalue weighted by Gasteiger charge is 2.33. The Morgan fingerprint density at radius 1 is 1.17 bits per heavy atom. The molecule has 0 spiro atoms. The van der Waals surface area contributed by atoms with Crippen molar-refractivity contribution < 1.29 is 19.4 Å². The van der Waals surface area contributed by atoms with Crippen LogP contribution in [0.3, 0.4) is 0 Å². The zero-order valence-electron chi connectivity index (χ0n) is 12.3. The first-order valence-electron chi connectivity index (χ1n) is 7.16. The summed E-state index contributed by atoms with van der Waals surface area (Å²) in [5.74, 6) is -0.973. The fraction of sp³-hybridized carbons (Fsp3) is 0.250. The minimum Gasteiger partial charge on any atom is -0.480 e. The summed E-state index contributed by atoms with van der Waals surface area (Å²) in [4.78, 5) is 33.4. The molecule has 118 valence electrons. The van der Waals surface area contributed by atoms with E-state index in [2.05, 4.69) is 9.97 Å². The summed E-state index contributed by atoms with van der Waals surface area (Å²) in [6.45, 7) is 0.540. The molecule has 1 aliphatic rings. The topological polar surface area (TPSA) is 92.6 Å². The first-order valence-corrected chi connectivity index (χ1v) is 7.16. The quantitative estimate of drug-likeness (QED) is 0.911. The van der Waals surface area contributed by atoms with E-state index in [4.69, 9.17) is 4.74 Å². The lowest BCUT2D eigenvalue weighted by atomic mass is 10.2. The van der Waals surface area contributed by atoms with Crippen molar-refractivity contribution in [1.29, 1.82) is 0 Å². The van der Waals surface area contributed by atoms with Crippen LogP contribution < -0.4 is 0 Å². The highest BCUT2D eigenvalue weighted by molar-refractivity contribution is 5.96. The number of morpholine rings is 1. The lowest BCUT2D eigenvalue weighted by Crippen LogP contribution is -2.52. The number of ether oxygens (including phenoxy) is 1. The number of amides is 1. The third-order valence-electron chi connectivity index (χ3n) is 3.61. The van der Waals surface area contributed by atoms with Gasteiger partial charge in [0.15, 0.2) is 11.9 Å². The highest BCUT2D eigenvalue weighted by Crippen LogP contribution is 2.16. The first-order chi connectivity index (χ1) is 11.2. The number of aliphatic carboxylic acids is 1. The maximum atomic E-state index is 12.5. The van der Waals surface area contributed by atoms with Crippen LogP contribution in [0.1, 0.15) is 10.4 Å². The molecule has 1 fully saturated rings. The minimum atomic E-state index is -1.08. The Balaban J connectivity index is 1.81. The summed E-state index contributed by atoms with van der Waals surface area (Å²) >= 11 is 0. The second-order valence-electron chi connectivity index (χ2n) is 5.09. The van der Waals surface area contributed by atoms with E-state index in [-0.39, 0.29) is 18.7 Å². The molecule has 0 bridgehead atoms. The molecule has 1 N–H and O–H groups in total. The molecular weight excluding hydrogens is 298 g/mol. The lowest BCUT2D eigenvalue weighted by molar-refractivity contribution is -0.147. The van der Waals surface area contributed by atoms with Crippen LogP contribution in [0.25, 0.3) is 11.4 Å². The summed E-state index contributed by atoms with van der Waals surface area (Å²) in [7, 11) is 0. The fourth-order valence-corrected chi connectivity index (χ4v) is 2.39. The van der Waals surface area contributed by atoms with Crippen molar-refractivity contribution >= 4 is 11.9 Å². The number of carbonyl (C=O) groups excluding carboxylic acids is 1. The summed E-state index contributed by atoms with van der Waals surface area (Å²) < 4.78 is 5.13. The van der Waals surface area contributed by atoms with Gasteiger partial charge in [-0.05, 0) is 0 Å². The van der Waals surface area contributed by atoms with Gasteiger partial charge in [-0.3, -0.25) is 4.79 Å². The van der Waals surface area contributed by atoms with Gasteiger partial charge in [-0.2, -0.15) is 0 Å². The Morgan fingerprint density at radius 2 is 1.87 bits per heavy atom. The number of hydrogen-bond donors (Lipinski definition) is 1. The van der Waals surface area contributed by atoms with Gasteiger partial charge in [0.1, 0.15) is 0 Å². The average molecular weight is 313 g/mol. The van der Waals surface area contributed by atoms with Crippen LogP contribution in [0.15, 0.2) is 42.7 Å². The Morgan fingerprint density at radius 3 is 2.52 bits per heavy atom. The van der Waals surface area contributed by atoms with Crippen LogP contribution in [0.5, 0.6) is 0 Å². The molecule has 0 saturated carbocycles. The molecule has 1 atom stereocenters. The van der Waals surface area contributed by atoms with Crippen LogP contribution in [0, 0.1) is 0 Å². The van der Waals surface area contributed by atoms with Crippen molar-refractivity contribution in [2.24, 2.45) is 0 Å². The third-order valence-corrected chi connectivity index (χ3v) is 3.61. The largest absolute Gasteiger partial charge is 0.480 e. The van der Waals surface area contributed by atoms with Crippen LogP contribution >= 0.6 is 0 Å². The van der Waals surface area contributed by atoms with Gasteiger partial charge in [0.05, 0.1) is 18.8 Å². The van der Waals surface area contributed by atoms with Crippen LogP contribution in [-0.2, 0) is 9.53 Å². The number of carboxylic acid groups (broad SMARTS) is 1. The Kier molecular flexibility index (Phi) is 4.29. The molecule has 0 unspecified atom stereocenters. The van der Waals surface area contributed by atoms with E-state index in [0.29, 0.717) is 12.4 Å². The van der Waals surface area contributed by atoms with Gasteiger partial charge in [0.2, 0.25) is 0 Å². The molecule has 7 heteroatoms. The number of rotatable bonds is 3. The van der Waals surface area contributed by atoms with Crippen molar-refractivity contribution in [2.75, 3.05) is 19.8 Å². The number of nitrogens with zero attached hydrogens (tertiary/aromatic N) is 3. The number of benzene rings is 1. The fourth-order valence-electron chi connectivity index (χ4n) is 2.39. The second-order valence-corrected chi connectivity index (χ2v) is 5.09. The smallest absolute Gasteiger partial charge is 0.328 e. The minimum absolute atomic E-state index is 0.00989. The van der Waals surface area contributed by atoms with Crippen LogP contribution in [0.4, 0.5) is 0 Å². The number of carbonyl (C=O) groups is 2. The maximum Gasteiger partial charge on any atom is 0.328 e. The lowest BCUT2D eigenvalue weighted by Gasteiger charge is -2.32. The van der Waals surface area contributed by atoms with Crippen molar-refractivity contribution in [3.63, 3.8) is 0 Å². The number of hydrogen-bond acceptors (Lipinski definition) is 5. The van der Waals surface area contributed by atoms with E-state index in [9.17, 15) is 14.7 Å². The van der Waals surface area contributed by atoms with Gasteiger partial charge in [-0.1, -0.05) is 30.3 Å². The van der Waals surface area contributed by atoms with Crippen molar-refractivity contribution in [1.82, 2.24) is 14.9 Å². The molecule has 1 aliphatic heterocycles. The van der Waals surface area contributed by atoms with Crippen molar-refractivity contribution in [3.8, 4) is 11.4 Å². The molecule has 1 saturated heterocycles. The van der Waals surface area contributed by atoms with E-state index < -0.39 is 17.9 Å². The van der Waals surface area contributed by atoms with Gasteiger partial charge in [0.25, 0.3) is 5.91 Å². The first kappa shape index (κ1) is 15.1. The molecule has 1 aromatic carbocycles. The van der Waals surface area contributed by atoms with Crippen LogP contribution in [0.2, 0.25) is 0 Å². The predicted molar refractivity (Wildman–Crippen MR) is 80.7 cm³/mol. The molecule has 1 aromatic heterocycles. The Hall–Kier alpha value is -2.80.